The van der Waals surface area contributed by atoms with Crippen LogP contribution in [0.3, 0.4) is 0 Å². The van der Waals surface area contributed by atoms with Crippen LogP contribution < -0.4 is 40.0 Å². The van der Waals surface area contributed by atoms with Crippen LogP contribution in [0.25, 0.3) is 0 Å². The molecule has 0 spiro atoms. The van der Waals surface area contributed by atoms with Gasteiger partial charge in [0.05, 0.1) is 6.02 Å². The zero-order valence-electron chi connectivity index (χ0n) is 12.8. The molecule has 1 aromatic rings. The predicted octanol–water partition coefficient (Wildman–Crippen LogP) is -2.98. The summed E-state index contributed by atoms with van der Waals surface area (Å²) < 4.78 is 4.99. The number of methoxy groups -OCH3 is 1. The van der Waals surface area contributed by atoms with Crippen molar-refractivity contribution in [2.24, 2.45) is 10.4 Å². The largest absolute Gasteiger partial charge is 1.00 e. The minimum Gasteiger partial charge on any atom is -0.846 e. The van der Waals surface area contributed by atoms with Gasteiger partial charge in [-0.15, -0.1) is 0 Å². The van der Waals surface area contributed by atoms with Crippen molar-refractivity contribution in [3.63, 3.8) is 0 Å². The van der Waals surface area contributed by atoms with Gasteiger partial charge in [-0.2, -0.15) is 0 Å². The number of nitrogens with zero attached hydrogens (tertiary/aromatic N) is 1. The van der Waals surface area contributed by atoms with Crippen LogP contribution in [0.15, 0.2) is 35.3 Å². The Balaban J connectivity index is 0.00000242. The van der Waals surface area contributed by atoms with Crippen molar-refractivity contribution < 1.29 is 49.0 Å². The molecule has 1 aliphatic heterocycles. The summed E-state index contributed by atoms with van der Waals surface area (Å²) in [6.45, 7) is 0.248. The van der Waals surface area contributed by atoms with E-state index in [0.29, 0.717) is 12.8 Å². The molecule has 0 bridgehead atoms. The summed E-state index contributed by atoms with van der Waals surface area (Å²) in [5, 5.41) is 13.3. The normalized spacial score (nSPS) is 20.9. The number of benzene rings is 1. The Labute approximate surface area is 151 Å². The van der Waals surface area contributed by atoms with Crippen molar-refractivity contribution in [1.82, 2.24) is 5.32 Å². The molecule has 2 amide bonds. The number of rotatable bonds is 6. The smallest absolute Gasteiger partial charge is 0.846 e. The molecule has 112 valence electrons. The SMILES string of the molecule is COCCC1(CCc2ccccc2)C(=O)N=C([O-])NC1=O.[Na+]. The van der Waals surface area contributed by atoms with E-state index in [1.165, 1.54) is 7.11 Å². The van der Waals surface area contributed by atoms with Gasteiger partial charge in [0.1, 0.15) is 5.41 Å². The second kappa shape index (κ2) is 8.43. The summed E-state index contributed by atoms with van der Waals surface area (Å²) in [4.78, 5) is 27.7. The van der Waals surface area contributed by atoms with Crippen LogP contribution in [0.2, 0.25) is 0 Å². The summed E-state index contributed by atoms with van der Waals surface area (Å²) in [7, 11) is 1.50. The van der Waals surface area contributed by atoms with E-state index < -0.39 is 23.3 Å². The van der Waals surface area contributed by atoms with E-state index in [1.54, 1.807) is 0 Å². The number of amides is 2. The number of carbonyl (C=O) groups is 2. The molecule has 22 heavy (non-hydrogen) atoms. The Hall–Kier alpha value is -1.21. The van der Waals surface area contributed by atoms with Crippen LogP contribution in [0.5, 0.6) is 0 Å². The summed E-state index contributed by atoms with van der Waals surface area (Å²) in [6.07, 6.45) is 1.05. The average molecular weight is 312 g/mol. The van der Waals surface area contributed by atoms with Crippen molar-refractivity contribution in [2.45, 2.75) is 19.3 Å². The molecular formula is C15H17N2NaO4. The van der Waals surface area contributed by atoms with Gasteiger partial charge in [0.2, 0.25) is 5.91 Å². The molecule has 6 nitrogen and oxygen atoms in total. The van der Waals surface area contributed by atoms with Gasteiger partial charge >= 0.3 is 29.6 Å². The minimum atomic E-state index is -1.32. The van der Waals surface area contributed by atoms with Crippen LogP contribution in [0.1, 0.15) is 18.4 Å². The molecule has 1 heterocycles. The first-order valence-corrected chi connectivity index (χ1v) is 6.73. The fraction of sp³-hybridized carbons (Fsp3) is 0.400. The Morgan fingerprint density at radius 2 is 1.91 bits per heavy atom. The van der Waals surface area contributed by atoms with Crippen LogP contribution >= 0.6 is 0 Å². The van der Waals surface area contributed by atoms with E-state index >= 15 is 0 Å². The van der Waals surface area contributed by atoms with Crippen molar-refractivity contribution in [3.05, 3.63) is 35.9 Å². The molecule has 0 saturated carbocycles. The zero-order chi connectivity index (χ0) is 15.3. The number of aryl methyl sites for hydroxylation is 1. The van der Waals surface area contributed by atoms with Crippen LogP contribution in [0.4, 0.5) is 0 Å². The first kappa shape index (κ1) is 18.8. The van der Waals surface area contributed by atoms with Gasteiger partial charge in [-0.3, -0.25) is 9.59 Å². The van der Waals surface area contributed by atoms with Crippen molar-refractivity contribution in [3.8, 4) is 0 Å². The van der Waals surface area contributed by atoms with E-state index in [4.69, 9.17) is 4.74 Å². The molecular weight excluding hydrogens is 295 g/mol. The van der Waals surface area contributed by atoms with Gasteiger partial charge in [-0.25, -0.2) is 4.99 Å². The molecule has 1 N–H and O–H groups in total. The van der Waals surface area contributed by atoms with Gasteiger partial charge in [0.25, 0.3) is 5.91 Å². The van der Waals surface area contributed by atoms with Gasteiger partial charge in [-0.05, 0) is 24.8 Å². The third-order valence-electron chi connectivity index (χ3n) is 3.68. The van der Waals surface area contributed by atoms with Gasteiger partial charge in [-0.1, -0.05) is 30.3 Å². The number of hydrogen-bond donors (Lipinski definition) is 1. The second-order valence-corrected chi connectivity index (χ2v) is 4.99. The van der Waals surface area contributed by atoms with E-state index in [1.807, 2.05) is 30.3 Å². The third-order valence-corrected chi connectivity index (χ3v) is 3.68. The topological polar surface area (TPSA) is 90.8 Å². The molecule has 1 aromatic carbocycles. The number of amidine groups is 1. The van der Waals surface area contributed by atoms with Gasteiger partial charge in [0, 0.05) is 13.7 Å². The first-order chi connectivity index (χ1) is 10.1. The average Bonchev–Trinajstić information content (AvgIpc) is 2.47. The van der Waals surface area contributed by atoms with Crippen LogP contribution in [-0.2, 0) is 20.7 Å². The maximum Gasteiger partial charge on any atom is 1.00 e. The fourth-order valence-electron chi connectivity index (χ4n) is 2.39. The standard InChI is InChI=1S/C15H18N2O4.Na/c1-21-10-9-15(8-7-11-5-3-2-4-6-11)12(18)16-14(20)17-13(15)19;/h2-6H,7-10H2,1H3,(H2,16,17,18,19,20);/q;+1/p-1. The number of aliphatic imine (C=N–C) groups is 1. The summed E-state index contributed by atoms with van der Waals surface area (Å²) in [6, 6.07) is 8.66. The third kappa shape index (κ3) is 4.16. The molecule has 1 unspecified atom stereocenters. The van der Waals surface area contributed by atoms with Gasteiger partial charge < -0.3 is 15.2 Å². The van der Waals surface area contributed by atoms with Gasteiger partial charge in [0.15, 0.2) is 0 Å². The van der Waals surface area contributed by atoms with Crippen molar-refractivity contribution >= 4 is 17.8 Å². The monoisotopic (exact) mass is 312 g/mol. The summed E-state index contributed by atoms with van der Waals surface area (Å²) in [5.74, 6) is -1.26. The van der Waals surface area contributed by atoms with E-state index in [2.05, 4.69) is 10.3 Å². The van der Waals surface area contributed by atoms with E-state index in [-0.39, 0.29) is 42.6 Å². The maximum atomic E-state index is 12.2. The minimum absolute atomic E-state index is 0. The molecule has 7 heteroatoms. The van der Waals surface area contributed by atoms with Crippen LogP contribution in [0, 0.1) is 5.41 Å². The Bertz CT molecular complexity index is 562. The summed E-state index contributed by atoms with van der Waals surface area (Å²) >= 11 is 0. The molecule has 0 fully saturated rings. The molecule has 0 aliphatic carbocycles. The van der Waals surface area contributed by atoms with Crippen molar-refractivity contribution in [1.29, 1.82) is 0 Å². The van der Waals surface area contributed by atoms with Crippen LogP contribution in [-0.4, -0.2) is 31.6 Å². The molecule has 0 aromatic heterocycles. The Morgan fingerprint density at radius 1 is 1.23 bits per heavy atom. The number of hydrogen-bond acceptors (Lipinski definition) is 4. The number of carbonyl (C=O) groups excluding carboxylic acids is 2. The Kier molecular flexibility index (Phi) is 7.22. The number of ether oxygens (including phenoxy) is 1. The second-order valence-electron chi connectivity index (χ2n) is 4.99. The number of nitrogens with one attached hydrogen (secondary N) is 1. The molecule has 1 atom stereocenters. The summed E-state index contributed by atoms with van der Waals surface area (Å²) in [5.41, 5.74) is -0.300. The maximum absolute atomic E-state index is 12.2. The molecule has 0 radical (unpaired) electrons. The molecule has 1 aliphatic rings. The predicted molar refractivity (Wildman–Crippen MR) is 74.3 cm³/mol. The molecule has 2 rings (SSSR count). The first-order valence-electron chi connectivity index (χ1n) is 6.73. The quantitative estimate of drug-likeness (QED) is 0.448. The fourth-order valence-corrected chi connectivity index (χ4v) is 2.39. The van der Waals surface area contributed by atoms with E-state index in [9.17, 15) is 14.7 Å². The Morgan fingerprint density at radius 3 is 2.50 bits per heavy atom. The zero-order valence-corrected chi connectivity index (χ0v) is 14.8. The van der Waals surface area contributed by atoms with Crippen molar-refractivity contribution in [2.75, 3.05) is 13.7 Å². The molecule has 0 saturated heterocycles. The van der Waals surface area contributed by atoms with E-state index in [0.717, 1.165) is 5.56 Å².